The molecule has 0 saturated carbocycles. The molecule has 0 bridgehead atoms. The molecule has 2 heterocycles. The molecule has 8 nitrogen and oxygen atoms in total. The third-order valence-corrected chi connectivity index (χ3v) is 3.28. The fourth-order valence-corrected chi connectivity index (χ4v) is 2.29. The van der Waals surface area contributed by atoms with E-state index in [0.29, 0.717) is 18.8 Å². The number of aryl methyl sites for hydroxylation is 2. The Kier molecular flexibility index (Phi) is 3.34. The third-order valence-electron chi connectivity index (χ3n) is 3.28. The predicted octanol–water partition coefficient (Wildman–Crippen LogP) is 0.932. The molecule has 1 aromatic carbocycles. The fraction of sp³-hybridized carbons (Fsp3) is 0.143. The lowest BCUT2D eigenvalue weighted by molar-refractivity contribution is 0.0697. The maximum Gasteiger partial charge on any atom is 0.335 e. The van der Waals surface area contributed by atoms with Gasteiger partial charge in [0.05, 0.1) is 17.3 Å². The monoisotopic (exact) mass is 298 g/mol. The second-order valence-corrected chi connectivity index (χ2v) is 4.84. The molecular formula is C14H14N6O2. The molecule has 0 unspecified atom stereocenters. The number of carboxylic acid groups (broad SMARTS) is 1. The van der Waals surface area contributed by atoms with Crippen molar-refractivity contribution in [2.45, 2.75) is 13.0 Å². The van der Waals surface area contributed by atoms with E-state index < -0.39 is 5.97 Å². The highest BCUT2D eigenvalue weighted by atomic mass is 16.4. The van der Waals surface area contributed by atoms with E-state index in [1.807, 2.05) is 0 Å². The molecule has 2 aromatic heterocycles. The van der Waals surface area contributed by atoms with Crippen LogP contribution in [0.5, 0.6) is 0 Å². The van der Waals surface area contributed by atoms with Crippen molar-refractivity contribution >= 4 is 28.6 Å². The summed E-state index contributed by atoms with van der Waals surface area (Å²) in [6.45, 7) is 0.575. The van der Waals surface area contributed by atoms with Gasteiger partial charge in [-0.05, 0) is 18.2 Å². The standard InChI is InChI=1S/C14H14N6O2/c15-12-6-10(18-14(16)19-12)3-4-20-11-2-1-8(13(21)22)5-9(11)7-17-20/h1-2,5-7H,3-4H2,(H,21,22)(H4,15,16,18,19). The number of hydrogen-bond donors (Lipinski definition) is 3. The zero-order chi connectivity index (χ0) is 15.7. The Labute approximate surface area is 125 Å². The van der Waals surface area contributed by atoms with E-state index in [4.69, 9.17) is 16.6 Å². The number of fused-ring (bicyclic) bond motifs is 1. The summed E-state index contributed by atoms with van der Waals surface area (Å²) in [4.78, 5) is 18.9. The molecule has 0 amide bonds. The maximum atomic E-state index is 11.0. The zero-order valence-corrected chi connectivity index (χ0v) is 11.6. The summed E-state index contributed by atoms with van der Waals surface area (Å²) < 4.78 is 1.79. The van der Waals surface area contributed by atoms with E-state index in [1.54, 1.807) is 35.1 Å². The summed E-state index contributed by atoms with van der Waals surface area (Å²) in [5, 5.41) is 14.0. The lowest BCUT2D eigenvalue weighted by atomic mass is 10.1. The van der Waals surface area contributed by atoms with Crippen LogP contribution < -0.4 is 11.5 Å². The molecule has 0 radical (unpaired) electrons. The second-order valence-electron chi connectivity index (χ2n) is 4.84. The van der Waals surface area contributed by atoms with E-state index in [-0.39, 0.29) is 11.5 Å². The molecule has 112 valence electrons. The lowest BCUT2D eigenvalue weighted by Crippen LogP contribution is -2.07. The number of rotatable bonds is 4. The van der Waals surface area contributed by atoms with Gasteiger partial charge in [-0.25, -0.2) is 9.78 Å². The van der Waals surface area contributed by atoms with Crippen molar-refractivity contribution in [2.75, 3.05) is 11.5 Å². The van der Waals surface area contributed by atoms with Gasteiger partial charge in [0.2, 0.25) is 5.95 Å². The number of benzene rings is 1. The molecule has 0 spiro atoms. The Hall–Kier alpha value is -3.16. The average molecular weight is 298 g/mol. The highest BCUT2D eigenvalue weighted by Gasteiger charge is 2.08. The molecule has 3 aromatic rings. The molecule has 3 rings (SSSR count). The molecule has 0 aliphatic heterocycles. The minimum Gasteiger partial charge on any atom is -0.478 e. The van der Waals surface area contributed by atoms with Crippen molar-refractivity contribution in [3.8, 4) is 0 Å². The number of nitrogens with zero attached hydrogens (tertiary/aromatic N) is 4. The normalized spacial score (nSPS) is 10.9. The average Bonchev–Trinajstić information content (AvgIpc) is 2.86. The number of carbonyl (C=O) groups is 1. The Bertz CT molecular complexity index is 837. The molecular weight excluding hydrogens is 284 g/mol. The molecule has 0 aliphatic rings. The lowest BCUT2D eigenvalue weighted by Gasteiger charge is -2.05. The van der Waals surface area contributed by atoms with Gasteiger partial charge in [-0.15, -0.1) is 0 Å². The third kappa shape index (κ3) is 2.66. The Morgan fingerprint density at radius 1 is 1.23 bits per heavy atom. The van der Waals surface area contributed by atoms with Gasteiger partial charge in [-0.1, -0.05) is 0 Å². The van der Waals surface area contributed by atoms with Crippen LogP contribution in [0, 0.1) is 0 Å². The Balaban J connectivity index is 1.83. The van der Waals surface area contributed by atoms with Crippen LogP contribution in [0.25, 0.3) is 10.9 Å². The van der Waals surface area contributed by atoms with Crippen LogP contribution in [-0.2, 0) is 13.0 Å². The van der Waals surface area contributed by atoms with E-state index >= 15 is 0 Å². The van der Waals surface area contributed by atoms with Crippen molar-refractivity contribution in [1.29, 1.82) is 0 Å². The summed E-state index contributed by atoms with van der Waals surface area (Å²) in [5.74, 6) is -0.480. The van der Waals surface area contributed by atoms with Gasteiger partial charge in [0, 0.05) is 30.1 Å². The van der Waals surface area contributed by atoms with Gasteiger partial charge in [-0.3, -0.25) is 4.68 Å². The summed E-state index contributed by atoms with van der Waals surface area (Å²) in [7, 11) is 0. The fourth-order valence-electron chi connectivity index (χ4n) is 2.29. The summed E-state index contributed by atoms with van der Waals surface area (Å²) >= 11 is 0. The molecule has 0 fully saturated rings. The first-order valence-electron chi connectivity index (χ1n) is 6.61. The van der Waals surface area contributed by atoms with Gasteiger partial charge < -0.3 is 16.6 Å². The zero-order valence-electron chi connectivity index (χ0n) is 11.6. The number of anilines is 2. The Morgan fingerprint density at radius 2 is 2.05 bits per heavy atom. The maximum absolute atomic E-state index is 11.0. The number of aromatic nitrogens is 4. The molecule has 0 aliphatic carbocycles. The molecule has 8 heteroatoms. The number of hydrogen-bond acceptors (Lipinski definition) is 6. The van der Waals surface area contributed by atoms with Gasteiger partial charge in [0.15, 0.2) is 0 Å². The van der Waals surface area contributed by atoms with Gasteiger partial charge >= 0.3 is 5.97 Å². The summed E-state index contributed by atoms with van der Waals surface area (Å²) in [5.41, 5.74) is 13.0. The smallest absolute Gasteiger partial charge is 0.335 e. The van der Waals surface area contributed by atoms with Crippen molar-refractivity contribution in [3.63, 3.8) is 0 Å². The van der Waals surface area contributed by atoms with Crippen LogP contribution in [0.15, 0.2) is 30.5 Å². The van der Waals surface area contributed by atoms with Crippen molar-refractivity contribution < 1.29 is 9.90 Å². The van der Waals surface area contributed by atoms with Crippen molar-refractivity contribution in [3.05, 3.63) is 41.7 Å². The first-order chi connectivity index (χ1) is 10.5. The second kappa shape index (κ2) is 5.32. The van der Waals surface area contributed by atoms with E-state index in [1.165, 1.54) is 0 Å². The van der Waals surface area contributed by atoms with Gasteiger partial charge in [0.1, 0.15) is 5.82 Å². The summed E-state index contributed by atoms with van der Waals surface area (Å²) in [6.07, 6.45) is 2.23. The minimum absolute atomic E-state index is 0.145. The van der Waals surface area contributed by atoms with Crippen LogP contribution in [0.1, 0.15) is 16.1 Å². The number of carboxylic acids is 1. The number of aromatic carboxylic acids is 1. The predicted molar refractivity (Wildman–Crippen MR) is 81.3 cm³/mol. The van der Waals surface area contributed by atoms with E-state index in [9.17, 15) is 4.79 Å². The van der Waals surface area contributed by atoms with Crippen LogP contribution >= 0.6 is 0 Å². The van der Waals surface area contributed by atoms with Crippen LogP contribution in [0.3, 0.4) is 0 Å². The van der Waals surface area contributed by atoms with Crippen LogP contribution in [0.2, 0.25) is 0 Å². The van der Waals surface area contributed by atoms with Crippen LogP contribution in [-0.4, -0.2) is 30.8 Å². The van der Waals surface area contributed by atoms with Crippen molar-refractivity contribution in [1.82, 2.24) is 19.7 Å². The van der Waals surface area contributed by atoms with Gasteiger partial charge in [0.25, 0.3) is 0 Å². The Morgan fingerprint density at radius 3 is 2.77 bits per heavy atom. The quantitative estimate of drug-likeness (QED) is 0.652. The highest BCUT2D eigenvalue weighted by molar-refractivity contribution is 5.93. The minimum atomic E-state index is -0.957. The van der Waals surface area contributed by atoms with Gasteiger partial charge in [-0.2, -0.15) is 10.1 Å². The SMILES string of the molecule is Nc1cc(CCn2ncc3cc(C(=O)O)ccc32)nc(N)n1. The molecule has 22 heavy (non-hydrogen) atoms. The number of nitrogens with two attached hydrogens (primary N) is 2. The highest BCUT2D eigenvalue weighted by Crippen LogP contribution is 2.16. The molecule has 0 atom stereocenters. The van der Waals surface area contributed by atoms with E-state index in [0.717, 1.165) is 16.6 Å². The topological polar surface area (TPSA) is 133 Å². The van der Waals surface area contributed by atoms with Crippen LogP contribution in [0.4, 0.5) is 11.8 Å². The summed E-state index contributed by atoms with van der Waals surface area (Å²) in [6, 6.07) is 6.57. The largest absolute Gasteiger partial charge is 0.478 e. The molecule has 5 N–H and O–H groups in total. The first kappa shape index (κ1) is 13.8. The molecule has 0 saturated heterocycles. The van der Waals surface area contributed by atoms with Crippen molar-refractivity contribution in [2.24, 2.45) is 0 Å². The first-order valence-corrected chi connectivity index (χ1v) is 6.61. The number of nitrogen functional groups attached to an aromatic ring is 2. The van der Waals surface area contributed by atoms with E-state index in [2.05, 4.69) is 15.1 Å².